The number of nitrogens with one attached hydrogen (secondary N) is 1. The van der Waals surface area contributed by atoms with E-state index in [1.165, 1.54) is 0 Å². The third-order valence-corrected chi connectivity index (χ3v) is 2.97. The summed E-state index contributed by atoms with van der Waals surface area (Å²) in [5.41, 5.74) is 0.867. The average molecular weight is 275 g/mol. The monoisotopic (exact) mass is 275 g/mol. The van der Waals surface area contributed by atoms with Gasteiger partial charge in [-0.25, -0.2) is 0 Å². The summed E-state index contributed by atoms with van der Waals surface area (Å²) >= 11 is 0. The SMILES string of the molecule is CC(C)c1nnc(CNc2cccc3c2OCCO3)o1. The number of ether oxygens (including phenoxy) is 2. The zero-order valence-electron chi connectivity index (χ0n) is 11.5. The summed E-state index contributed by atoms with van der Waals surface area (Å²) in [6.45, 7) is 5.63. The van der Waals surface area contributed by atoms with Gasteiger partial charge in [0.2, 0.25) is 11.8 Å². The number of hydrogen-bond acceptors (Lipinski definition) is 6. The Kier molecular flexibility index (Phi) is 3.45. The number of para-hydroxylation sites is 1. The summed E-state index contributed by atoms with van der Waals surface area (Å²) in [4.78, 5) is 0. The fraction of sp³-hybridized carbons (Fsp3) is 0.429. The van der Waals surface area contributed by atoms with Crippen molar-refractivity contribution < 1.29 is 13.9 Å². The first kappa shape index (κ1) is 12.8. The van der Waals surface area contributed by atoms with Crippen molar-refractivity contribution in [3.05, 3.63) is 30.0 Å². The molecule has 0 atom stereocenters. The van der Waals surface area contributed by atoms with Crippen LogP contribution in [-0.2, 0) is 6.54 Å². The van der Waals surface area contributed by atoms with E-state index in [2.05, 4.69) is 15.5 Å². The molecule has 2 aromatic rings. The van der Waals surface area contributed by atoms with Crippen LogP contribution in [0.5, 0.6) is 11.5 Å². The third kappa shape index (κ3) is 2.54. The number of aromatic nitrogens is 2. The second-order valence-electron chi connectivity index (χ2n) is 4.87. The minimum absolute atomic E-state index is 0.234. The Balaban J connectivity index is 1.71. The van der Waals surface area contributed by atoms with Gasteiger partial charge < -0.3 is 19.2 Å². The molecule has 0 saturated carbocycles. The molecule has 0 spiro atoms. The Morgan fingerprint density at radius 3 is 2.85 bits per heavy atom. The molecule has 0 unspecified atom stereocenters. The van der Waals surface area contributed by atoms with E-state index in [1.807, 2.05) is 32.0 Å². The van der Waals surface area contributed by atoms with E-state index in [0.29, 0.717) is 31.5 Å². The van der Waals surface area contributed by atoms with Crippen LogP contribution in [0.1, 0.15) is 31.5 Å². The van der Waals surface area contributed by atoms with Crippen LogP contribution in [0.25, 0.3) is 0 Å². The lowest BCUT2D eigenvalue weighted by atomic mass is 10.2. The van der Waals surface area contributed by atoms with Gasteiger partial charge in [-0.3, -0.25) is 0 Å². The maximum atomic E-state index is 5.63. The predicted octanol–water partition coefficient (Wildman–Crippen LogP) is 2.58. The van der Waals surface area contributed by atoms with Crippen molar-refractivity contribution in [3.63, 3.8) is 0 Å². The number of nitrogens with zero attached hydrogens (tertiary/aromatic N) is 2. The van der Waals surface area contributed by atoms with Gasteiger partial charge in [0.15, 0.2) is 11.5 Å². The van der Waals surface area contributed by atoms with Gasteiger partial charge in [0.25, 0.3) is 0 Å². The fourth-order valence-electron chi connectivity index (χ4n) is 1.96. The first-order chi connectivity index (χ1) is 9.74. The van der Waals surface area contributed by atoms with Gasteiger partial charge in [-0.15, -0.1) is 10.2 Å². The maximum Gasteiger partial charge on any atom is 0.235 e. The van der Waals surface area contributed by atoms with E-state index in [4.69, 9.17) is 13.9 Å². The first-order valence-electron chi connectivity index (χ1n) is 6.69. The molecular weight excluding hydrogens is 258 g/mol. The van der Waals surface area contributed by atoms with E-state index < -0.39 is 0 Å². The van der Waals surface area contributed by atoms with Gasteiger partial charge in [-0.1, -0.05) is 19.9 Å². The summed E-state index contributed by atoms with van der Waals surface area (Å²) in [6.07, 6.45) is 0. The number of benzene rings is 1. The molecule has 1 aromatic heterocycles. The Morgan fingerprint density at radius 1 is 1.20 bits per heavy atom. The van der Waals surface area contributed by atoms with E-state index >= 15 is 0 Å². The van der Waals surface area contributed by atoms with Gasteiger partial charge in [-0.05, 0) is 12.1 Å². The van der Waals surface area contributed by atoms with Crippen molar-refractivity contribution in [2.24, 2.45) is 0 Å². The predicted molar refractivity (Wildman–Crippen MR) is 73.1 cm³/mol. The number of anilines is 1. The molecule has 6 heteroatoms. The van der Waals surface area contributed by atoms with Gasteiger partial charge in [-0.2, -0.15) is 0 Å². The van der Waals surface area contributed by atoms with E-state index in [1.54, 1.807) is 0 Å². The molecule has 0 saturated heterocycles. The van der Waals surface area contributed by atoms with Crippen LogP contribution in [0.2, 0.25) is 0 Å². The molecule has 6 nitrogen and oxygen atoms in total. The second-order valence-corrected chi connectivity index (χ2v) is 4.87. The summed E-state index contributed by atoms with van der Waals surface area (Å²) < 4.78 is 16.7. The largest absolute Gasteiger partial charge is 0.486 e. The van der Waals surface area contributed by atoms with Crippen LogP contribution in [-0.4, -0.2) is 23.4 Å². The molecule has 1 aliphatic rings. The summed E-state index contributed by atoms with van der Waals surface area (Å²) in [6, 6.07) is 5.75. The van der Waals surface area contributed by atoms with Crippen LogP contribution in [0.3, 0.4) is 0 Å². The molecule has 1 aliphatic heterocycles. The Bertz CT molecular complexity index is 595. The Morgan fingerprint density at radius 2 is 2.05 bits per heavy atom. The van der Waals surface area contributed by atoms with E-state index in [0.717, 1.165) is 17.2 Å². The molecule has 2 heterocycles. The Hall–Kier alpha value is -2.24. The molecule has 0 bridgehead atoms. The minimum atomic E-state index is 0.234. The molecular formula is C14H17N3O3. The molecule has 20 heavy (non-hydrogen) atoms. The van der Waals surface area contributed by atoms with Crippen molar-refractivity contribution >= 4 is 5.69 Å². The van der Waals surface area contributed by atoms with Crippen LogP contribution in [0.15, 0.2) is 22.6 Å². The molecule has 106 valence electrons. The quantitative estimate of drug-likeness (QED) is 0.924. The highest BCUT2D eigenvalue weighted by molar-refractivity contribution is 5.63. The lowest BCUT2D eigenvalue weighted by molar-refractivity contribution is 0.172. The van der Waals surface area contributed by atoms with Gasteiger partial charge in [0.1, 0.15) is 13.2 Å². The molecule has 0 amide bonds. The standard InChI is InChI=1S/C14H17N3O3/c1-9(2)14-17-16-12(20-14)8-15-10-4-3-5-11-13(10)19-7-6-18-11/h3-5,9,15H,6-8H2,1-2H3. The van der Waals surface area contributed by atoms with Gasteiger partial charge in [0, 0.05) is 5.92 Å². The molecule has 1 aromatic carbocycles. The topological polar surface area (TPSA) is 69.4 Å². The number of fused-ring (bicyclic) bond motifs is 1. The molecule has 0 aliphatic carbocycles. The lowest BCUT2D eigenvalue weighted by Crippen LogP contribution is -2.16. The van der Waals surface area contributed by atoms with Gasteiger partial charge in [0.05, 0.1) is 12.2 Å². The van der Waals surface area contributed by atoms with Crippen LogP contribution < -0.4 is 14.8 Å². The maximum absolute atomic E-state index is 5.63. The Labute approximate surface area is 117 Å². The number of rotatable bonds is 4. The van der Waals surface area contributed by atoms with Crippen LogP contribution in [0.4, 0.5) is 5.69 Å². The zero-order valence-corrected chi connectivity index (χ0v) is 11.5. The van der Waals surface area contributed by atoms with E-state index in [-0.39, 0.29) is 5.92 Å². The highest BCUT2D eigenvalue weighted by atomic mass is 16.6. The summed E-state index contributed by atoms with van der Waals surface area (Å²) in [5.74, 6) is 2.94. The lowest BCUT2D eigenvalue weighted by Gasteiger charge is -2.21. The van der Waals surface area contributed by atoms with Crippen LogP contribution >= 0.6 is 0 Å². The first-order valence-corrected chi connectivity index (χ1v) is 6.69. The highest BCUT2D eigenvalue weighted by Crippen LogP contribution is 2.37. The van der Waals surface area contributed by atoms with Crippen molar-refractivity contribution in [2.75, 3.05) is 18.5 Å². The molecule has 3 rings (SSSR count). The zero-order chi connectivity index (χ0) is 13.9. The molecule has 1 N–H and O–H groups in total. The fourth-order valence-corrected chi connectivity index (χ4v) is 1.96. The number of hydrogen-bond donors (Lipinski definition) is 1. The van der Waals surface area contributed by atoms with Gasteiger partial charge >= 0.3 is 0 Å². The summed E-state index contributed by atoms with van der Waals surface area (Å²) in [7, 11) is 0. The normalized spacial score (nSPS) is 13.6. The van der Waals surface area contributed by atoms with Crippen LogP contribution in [0, 0.1) is 0 Å². The second kappa shape index (κ2) is 5.40. The van der Waals surface area contributed by atoms with Crippen molar-refractivity contribution in [3.8, 4) is 11.5 Å². The average Bonchev–Trinajstić information content (AvgIpc) is 2.94. The highest BCUT2D eigenvalue weighted by Gasteiger charge is 2.16. The van der Waals surface area contributed by atoms with Crippen molar-refractivity contribution in [1.29, 1.82) is 0 Å². The summed E-state index contributed by atoms with van der Waals surface area (Å²) in [5, 5.41) is 11.3. The van der Waals surface area contributed by atoms with Crippen molar-refractivity contribution in [2.45, 2.75) is 26.3 Å². The molecule has 0 fully saturated rings. The smallest absolute Gasteiger partial charge is 0.235 e. The third-order valence-electron chi connectivity index (χ3n) is 2.97. The molecule has 0 radical (unpaired) electrons. The van der Waals surface area contributed by atoms with E-state index in [9.17, 15) is 0 Å². The van der Waals surface area contributed by atoms with Crippen molar-refractivity contribution in [1.82, 2.24) is 10.2 Å². The minimum Gasteiger partial charge on any atom is -0.486 e.